The van der Waals surface area contributed by atoms with Gasteiger partial charge in [0.1, 0.15) is 36.3 Å². The van der Waals surface area contributed by atoms with Crippen molar-refractivity contribution in [3.8, 4) is 22.6 Å². The second kappa shape index (κ2) is 14.9. The maximum absolute atomic E-state index is 12.0. The number of aryl methyl sites for hydroxylation is 4. The largest absolute Gasteiger partial charge is 0.487 e. The van der Waals surface area contributed by atoms with Gasteiger partial charge in [0.15, 0.2) is 0 Å². The van der Waals surface area contributed by atoms with E-state index in [0.29, 0.717) is 50.9 Å². The highest BCUT2D eigenvalue weighted by atomic mass is 79.9. The Hall–Kier alpha value is -4.89. The summed E-state index contributed by atoms with van der Waals surface area (Å²) in [5.74, 6) is 2.02. The number of pyridine rings is 3. The molecule has 0 fully saturated rings. The molecule has 0 aliphatic heterocycles. The molecule has 0 N–H and O–H groups in total. The van der Waals surface area contributed by atoms with E-state index in [0.717, 1.165) is 61.6 Å². The molecule has 9 heteroatoms. The first-order valence-corrected chi connectivity index (χ1v) is 16.8. The third kappa shape index (κ3) is 7.97. The van der Waals surface area contributed by atoms with Gasteiger partial charge in [0, 0.05) is 72.5 Å². The Morgan fingerprint density at radius 1 is 0.708 bits per heavy atom. The monoisotopic (exact) mass is 705 g/mol. The standard InChI is InChI=1S/C23H22N2O3.C16H14BrNO2/c1-15-9-18(13-25(2)23(15)27)17-10-16-6-7-20(26)12-21(16)22(11-17)28-14-19-5-3-4-8-24-19;17-12-7-11-4-5-14(19)9-15(11)16(8-12)20-10-13-3-1-2-6-18-13/h3-5,8-11,13H,6-7,12,14H2,1-2H3;1-3,6-8H,4-5,9-10H2. The van der Waals surface area contributed by atoms with E-state index in [1.165, 1.54) is 5.56 Å². The van der Waals surface area contributed by atoms with Crippen LogP contribution >= 0.6 is 15.9 Å². The van der Waals surface area contributed by atoms with Crippen LogP contribution in [0, 0.1) is 6.92 Å². The van der Waals surface area contributed by atoms with E-state index in [1.54, 1.807) is 24.0 Å². The topological polar surface area (TPSA) is 100 Å². The van der Waals surface area contributed by atoms with E-state index >= 15 is 0 Å². The summed E-state index contributed by atoms with van der Waals surface area (Å²) in [7, 11) is 1.76. The minimum absolute atomic E-state index is 0.000989. The van der Waals surface area contributed by atoms with Gasteiger partial charge >= 0.3 is 0 Å². The molecule has 0 saturated carbocycles. The van der Waals surface area contributed by atoms with Crippen LogP contribution in [0.4, 0.5) is 0 Å². The van der Waals surface area contributed by atoms with Crippen LogP contribution in [0.5, 0.6) is 11.5 Å². The molecule has 3 aromatic heterocycles. The number of hydrogen-bond donors (Lipinski definition) is 0. The Morgan fingerprint density at radius 3 is 1.81 bits per heavy atom. The van der Waals surface area contributed by atoms with Gasteiger partial charge in [-0.25, -0.2) is 0 Å². The zero-order valence-electron chi connectivity index (χ0n) is 27.0. The molecule has 3 heterocycles. The van der Waals surface area contributed by atoms with Crippen molar-refractivity contribution in [3.63, 3.8) is 0 Å². The van der Waals surface area contributed by atoms with E-state index in [1.807, 2.05) is 67.7 Å². The Labute approximate surface area is 287 Å². The predicted octanol–water partition coefficient (Wildman–Crippen LogP) is 6.87. The lowest BCUT2D eigenvalue weighted by atomic mass is 9.87. The number of hydrogen-bond acceptors (Lipinski definition) is 7. The number of carbonyl (C=O) groups is 2. The summed E-state index contributed by atoms with van der Waals surface area (Å²) in [6.07, 6.45) is 8.90. The SMILES string of the molecule is Cc1cc(-c2cc3c(c(OCc4ccccn4)c2)CC(=O)CC3)cn(C)c1=O.O=C1CCc2cc(Br)cc(OCc3ccccn3)c2C1. The fraction of sp³-hybridized carbons (Fsp3) is 0.256. The molecule has 5 aromatic rings. The summed E-state index contributed by atoms with van der Waals surface area (Å²) in [4.78, 5) is 44.3. The molecule has 0 atom stereocenters. The third-order valence-corrected chi connectivity index (χ3v) is 9.02. The van der Waals surface area contributed by atoms with Crippen LogP contribution in [0.25, 0.3) is 11.1 Å². The van der Waals surface area contributed by atoms with Crippen molar-refractivity contribution in [3.05, 3.63) is 139 Å². The molecular weight excluding hydrogens is 670 g/mol. The number of aromatic nitrogens is 3. The van der Waals surface area contributed by atoms with Crippen LogP contribution in [0.1, 0.15) is 52.0 Å². The molecule has 0 radical (unpaired) electrons. The van der Waals surface area contributed by atoms with Crippen LogP contribution in [-0.4, -0.2) is 26.1 Å². The van der Waals surface area contributed by atoms with Crippen molar-refractivity contribution >= 4 is 27.5 Å². The quantitative estimate of drug-likeness (QED) is 0.182. The molecule has 2 aromatic carbocycles. The first-order valence-electron chi connectivity index (χ1n) is 16.0. The van der Waals surface area contributed by atoms with E-state index in [2.05, 4.69) is 38.0 Å². The van der Waals surface area contributed by atoms with Gasteiger partial charge in [0.25, 0.3) is 5.56 Å². The van der Waals surface area contributed by atoms with Gasteiger partial charge in [-0.1, -0.05) is 34.1 Å². The Morgan fingerprint density at radius 2 is 1.27 bits per heavy atom. The van der Waals surface area contributed by atoms with Crippen molar-refractivity contribution in [2.45, 2.75) is 58.7 Å². The van der Waals surface area contributed by atoms with Gasteiger partial charge in [-0.2, -0.15) is 0 Å². The van der Waals surface area contributed by atoms with Gasteiger partial charge in [-0.05, 0) is 90.6 Å². The number of halogens is 1. The van der Waals surface area contributed by atoms with Crippen LogP contribution < -0.4 is 15.0 Å². The van der Waals surface area contributed by atoms with Crippen LogP contribution in [0.15, 0.2) is 94.6 Å². The van der Waals surface area contributed by atoms with Crippen LogP contribution in [0.2, 0.25) is 0 Å². The number of ether oxygens (including phenoxy) is 2. The van der Waals surface area contributed by atoms with Crippen LogP contribution in [0.3, 0.4) is 0 Å². The Balaban J connectivity index is 0.000000177. The summed E-state index contributed by atoms with van der Waals surface area (Å²) < 4.78 is 14.6. The average Bonchev–Trinajstić information content (AvgIpc) is 3.09. The molecule has 0 bridgehead atoms. The maximum atomic E-state index is 12.0. The highest BCUT2D eigenvalue weighted by molar-refractivity contribution is 9.10. The first-order chi connectivity index (χ1) is 23.2. The van der Waals surface area contributed by atoms with E-state index < -0.39 is 0 Å². The number of nitrogens with zero attached hydrogens (tertiary/aromatic N) is 3. The van der Waals surface area contributed by atoms with E-state index in [-0.39, 0.29) is 17.1 Å². The molecule has 0 unspecified atom stereocenters. The van der Waals surface area contributed by atoms with Crippen molar-refractivity contribution in [2.75, 3.05) is 0 Å². The minimum Gasteiger partial charge on any atom is -0.487 e. The highest BCUT2D eigenvalue weighted by Crippen LogP contribution is 2.35. The number of rotatable bonds is 7. The van der Waals surface area contributed by atoms with E-state index in [4.69, 9.17) is 9.47 Å². The zero-order chi connectivity index (χ0) is 33.6. The van der Waals surface area contributed by atoms with Crippen molar-refractivity contribution in [2.24, 2.45) is 7.05 Å². The lowest BCUT2D eigenvalue weighted by Gasteiger charge is -2.21. The minimum atomic E-state index is -0.000989. The third-order valence-electron chi connectivity index (χ3n) is 8.56. The summed E-state index contributed by atoms with van der Waals surface area (Å²) >= 11 is 3.50. The van der Waals surface area contributed by atoms with Gasteiger partial charge in [-0.15, -0.1) is 0 Å². The number of fused-ring (bicyclic) bond motifs is 2. The Bertz CT molecular complexity index is 2000. The van der Waals surface area contributed by atoms with Crippen LogP contribution in [-0.2, 0) is 55.5 Å². The number of benzene rings is 2. The maximum Gasteiger partial charge on any atom is 0.253 e. The smallest absolute Gasteiger partial charge is 0.253 e. The fourth-order valence-corrected chi connectivity index (χ4v) is 6.55. The predicted molar refractivity (Wildman–Crippen MR) is 187 cm³/mol. The molecule has 0 spiro atoms. The lowest BCUT2D eigenvalue weighted by molar-refractivity contribution is -0.119. The molecule has 0 amide bonds. The first kappa shape index (κ1) is 33.0. The number of Topliss-reactive ketones (excluding diaryl/α,β-unsaturated/α-hetero) is 2. The highest BCUT2D eigenvalue weighted by Gasteiger charge is 2.22. The lowest BCUT2D eigenvalue weighted by Crippen LogP contribution is -2.18. The molecule has 2 aliphatic carbocycles. The molecule has 7 rings (SSSR count). The van der Waals surface area contributed by atoms with Crippen molar-refractivity contribution in [1.29, 1.82) is 0 Å². The molecule has 2 aliphatic rings. The van der Waals surface area contributed by atoms with E-state index in [9.17, 15) is 14.4 Å². The molecule has 244 valence electrons. The van der Waals surface area contributed by atoms with Crippen molar-refractivity contribution in [1.82, 2.24) is 14.5 Å². The summed E-state index contributed by atoms with van der Waals surface area (Å²) in [6.45, 7) is 2.58. The summed E-state index contributed by atoms with van der Waals surface area (Å²) in [5.41, 5.74) is 8.70. The average molecular weight is 707 g/mol. The van der Waals surface area contributed by atoms with Gasteiger partial charge in [0.2, 0.25) is 0 Å². The van der Waals surface area contributed by atoms with Gasteiger partial charge in [-0.3, -0.25) is 24.4 Å². The normalized spacial score (nSPS) is 13.6. The van der Waals surface area contributed by atoms with Crippen molar-refractivity contribution < 1.29 is 19.1 Å². The second-order valence-corrected chi connectivity index (χ2v) is 13.0. The fourth-order valence-electron chi connectivity index (χ4n) is 6.07. The van der Waals surface area contributed by atoms with Gasteiger partial charge in [0.05, 0.1) is 11.4 Å². The zero-order valence-corrected chi connectivity index (χ0v) is 28.6. The summed E-state index contributed by atoms with van der Waals surface area (Å²) in [6, 6.07) is 21.5. The Kier molecular flexibility index (Phi) is 10.3. The molecule has 8 nitrogen and oxygen atoms in total. The second-order valence-electron chi connectivity index (χ2n) is 12.1. The number of carbonyl (C=O) groups excluding carboxylic acids is 2. The number of ketones is 2. The van der Waals surface area contributed by atoms with Gasteiger partial charge < -0.3 is 14.0 Å². The molecule has 48 heavy (non-hydrogen) atoms. The molecule has 0 saturated heterocycles. The summed E-state index contributed by atoms with van der Waals surface area (Å²) in [5, 5.41) is 0. The molecular formula is C39H36BrN3O5.